The van der Waals surface area contributed by atoms with Crippen molar-refractivity contribution in [3.8, 4) is 5.88 Å². The maximum Gasteiger partial charge on any atom is 0.347 e. The number of ether oxygens (including phenoxy) is 2. The fraction of sp³-hybridized carbons (Fsp3) is 0.217. The zero-order chi connectivity index (χ0) is 19.9. The van der Waals surface area contributed by atoms with Gasteiger partial charge in [-0.15, -0.1) is 0 Å². The van der Waals surface area contributed by atoms with Crippen molar-refractivity contribution >= 4 is 5.97 Å². The van der Waals surface area contributed by atoms with Crippen molar-refractivity contribution in [3.63, 3.8) is 0 Å². The molecule has 5 nitrogen and oxygen atoms in total. The minimum atomic E-state index is -0.669. The first-order chi connectivity index (χ1) is 13.6. The van der Waals surface area contributed by atoms with E-state index in [1.807, 2.05) is 72.2 Å². The molecule has 0 aliphatic rings. The van der Waals surface area contributed by atoms with Gasteiger partial charge >= 0.3 is 5.97 Å². The summed E-state index contributed by atoms with van der Waals surface area (Å²) in [6.45, 7) is 4.44. The van der Waals surface area contributed by atoms with E-state index in [0.717, 1.165) is 11.1 Å². The molecule has 0 atom stereocenters. The van der Waals surface area contributed by atoms with Crippen molar-refractivity contribution in [2.75, 3.05) is 6.61 Å². The zero-order valence-electron chi connectivity index (χ0n) is 16.1. The van der Waals surface area contributed by atoms with Crippen LogP contribution in [-0.2, 0) is 17.9 Å². The summed E-state index contributed by atoms with van der Waals surface area (Å²) in [6.07, 6.45) is 0. The fourth-order valence-corrected chi connectivity index (χ4v) is 2.97. The van der Waals surface area contributed by atoms with Crippen LogP contribution in [-0.4, -0.2) is 17.1 Å². The third-order valence-electron chi connectivity index (χ3n) is 4.35. The summed E-state index contributed by atoms with van der Waals surface area (Å²) >= 11 is 0. The number of carbonyl (C=O) groups is 1. The smallest absolute Gasteiger partial charge is 0.347 e. The number of rotatable bonds is 7. The molecule has 0 aliphatic heterocycles. The van der Waals surface area contributed by atoms with Gasteiger partial charge in [-0.2, -0.15) is 0 Å². The normalized spacial score (nSPS) is 10.5. The van der Waals surface area contributed by atoms with Crippen molar-refractivity contribution < 1.29 is 14.3 Å². The standard InChI is InChI=1S/C23H23NO4/c1-3-27-23(26)21-20(25)14-17(2)24(15-18-10-6-4-7-11-18)22(21)28-16-19-12-8-5-9-13-19/h4-14H,3,15-16H2,1-2H3. The van der Waals surface area contributed by atoms with E-state index in [2.05, 4.69) is 0 Å². The van der Waals surface area contributed by atoms with E-state index < -0.39 is 11.4 Å². The summed E-state index contributed by atoms with van der Waals surface area (Å²) in [5.41, 5.74) is 2.22. The molecule has 0 bridgehead atoms. The minimum Gasteiger partial charge on any atom is -0.473 e. The van der Waals surface area contributed by atoms with Gasteiger partial charge in [0.15, 0.2) is 11.0 Å². The van der Waals surface area contributed by atoms with Crippen molar-refractivity contribution in [2.45, 2.75) is 27.0 Å². The number of benzene rings is 2. The molecule has 0 aliphatic carbocycles. The Bertz CT molecular complexity index is 994. The highest BCUT2D eigenvalue weighted by Crippen LogP contribution is 2.22. The summed E-state index contributed by atoms with van der Waals surface area (Å²) in [7, 11) is 0. The van der Waals surface area contributed by atoms with Crippen LogP contribution in [0.4, 0.5) is 0 Å². The molecule has 3 aromatic rings. The monoisotopic (exact) mass is 377 g/mol. The molecule has 0 N–H and O–H groups in total. The van der Waals surface area contributed by atoms with E-state index in [-0.39, 0.29) is 24.7 Å². The fourth-order valence-electron chi connectivity index (χ4n) is 2.97. The van der Waals surface area contributed by atoms with Crippen molar-refractivity contribution in [2.24, 2.45) is 0 Å². The van der Waals surface area contributed by atoms with Crippen LogP contribution in [0, 0.1) is 6.92 Å². The van der Waals surface area contributed by atoms with Crippen LogP contribution in [0.5, 0.6) is 5.88 Å². The van der Waals surface area contributed by atoms with Gasteiger partial charge in [-0.1, -0.05) is 60.7 Å². The van der Waals surface area contributed by atoms with Crippen LogP contribution in [0.1, 0.15) is 34.1 Å². The van der Waals surface area contributed by atoms with E-state index in [0.29, 0.717) is 12.2 Å². The van der Waals surface area contributed by atoms with E-state index in [1.54, 1.807) is 6.92 Å². The average molecular weight is 377 g/mol. The molecule has 0 amide bonds. The predicted octanol–water partition coefficient (Wildman–Crippen LogP) is 3.96. The Morgan fingerprint density at radius 1 is 0.964 bits per heavy atom. The van der Waals surface area contributed by atoms with E-state index in [4.69, 9.17) is 9.47 Å². The van der Waals surface area contributed by atoms with Gasteiger partial charge in [-0.3, -0.25) is 4.79 Å². The highest BCUT2D eigenvalue weighted by molar-refractivity contribution is 5.91. The van der Waals surface area contributed by atoms with Crippen LogP contribution in [0.15, 0.2) is 71.5 Å². The Balaban J connectivity index is 2.06. The largest absolute Gasteiger partial charge is 0.473 e. The molecule has 28 heavy (non-hydrogen) atoms. The maximum atomic E-state index is 12.6. The SMILES string of the molecule is CCOC(=O)c1c(OCc2ccccc2)n(Cc2ccccc2)c(C)cc1=O. The van der Waals surface area contributed by atoms with Gasteiger partial charge in [0.1, 0.15) is 6.61 Å². The summed E-state index contributed by atoms with van der Waals surface area (Å²) in [6, 6.07) is 20.9. The molecular formula is C23H23NO4. The van der Waals surface area contributed by atoms with E-state index >= 15 is 0 Å². The Morgan fingerprint density at radius 2 is 1.57 bits per heavy atom. The van der Waals surface area contributed by atoms with Gasteiger partial charge in [0.05, 0.1) is 13.2 Å². The second-order valence-corrected chi connectivity index (χ2v) is 6.40. The predicted molar refractivity (Wildman–Crippen MR) is 108 cm³/mol. The second-order valence-electron chi connectivity index (χ2n) is 6.40. The molecule has 1 aromatic heterocycles. The molecule has 3 rings (SSSR count). The number of hydrogen-bond donors (Lipinski definition) is 0. The third-order valence-corrected chi connectivity index (χ3v) is 4.35. The summed E-state index contributed by atoms with van der Waals surface area (Å²) < 4.78 is 13.0. The average Bonchev–Trinajstić information content (AvgIpc) is 2.70. The van der Waals surface area contributed by atoms with E-state index in [9.17, 15) is 9.59 Å². The van der Waals surface area contributed by atoms with Gasteiger partial charge in [0.2, 0.25) is 5.88 Å². The van der Waals surface area contributed by atoms with Crippen LogP contribution in [0.3, 0.4) is 0 Å². The molecular weight excluding hydrogens is 354 g/mol. The number of aryl methyl sites for hydroxylation is 1. The zero-order valence-corrected chi connectivity index (χ0v) is 16.1. The molecule has 0 spiro atoms. The summed E-state index contributed by atoms with van der Waals surface area (Å²) in [5, 5.41) is 0. The Hall–Kier alpha value is -3.34. The number of pyridine rings is 1. The highest BCUT2D eigenvalue weighted by atomic mass is 16.5. The number of esters is 1. The first-order valence-corrected chi connectivity index (χ1v) is 9.22. The lowest BCUT2D eigenvalue weighted by atomic mass is 10.1. The van der Waals surface area contributed by atoms with Crippen molar-refractivity contribution in [3.05, 3.63) is 99.3 Å². The van der Waals surface area contributed by atoms with Gasteiger partial charge in [0, 0.05) is 11.8 Å². The van der Waals surface area contributed by atoms with E-state index in [1.165, 1.54) is 6.07 Å². The molecule has 0 unspecified atom stereocenters. The lowest BCUT2D eigenvalue weighted by molar-refractivity contribution is 0.0517. The first-order valence-electron chi connectivity index (χ1n) is 9.22. The summed E-state index contributed by atoms with van der Waals surface area (Å²) in [4.78, 5) is 25.1. The number of carbonyl (C=O) groups excluding carboxylic acids is 1. The second kappa shape index (κ2) is 9.04. The number of nitrogens with zero attached hydrogens (tertiary/aromatic N) is 1. The Morgan fingerprint density at radius 3 is 2.18 bits per heavy atom. The maximum absolute atomic E-state index is 12.6. The lowest BCUT2D eigenvalue weighted by Crippen LogP contribution is -2.24. The first kappa shape index (κ1) is 19.4. The highest BCUT2D eigenvalue weighted by Gasteiger charge is 2.23. The molecule has 0 saturated carbocycles. The Kier molecular flexibility index (Phi) is 6.27. The molecule has 0 fully saturated rings. The molecule has 1 heterocycles. The summed E-state index contributed by atoms with van der Waals surface area (Å²) in [5.74, 6) is -0.437. The van der Waals surface area contributed by atoms with Crippen LogP contribution < -0.4 is 10.2 Å². The number of hydrogen-bond acceptors (Lipinski definition) is 4. The minimum absolute atomic E-state index is 0.0701. The third kappa shape index (κ3) is 4.49. The molecule has 5 heteroatoms. The van der Waals surface area contributed by atoms with Crippen LogP contribution in [0.2, 0.25) is 0 Å². The molecule has 144 valence electrons. The van der Waals surface area contributed by atoms with Crippen LogP contribution >= 0.6 is 0 Å². The molecule has 0 radical (unpaired) electrons. The van der Waals surface area contributed by atoms with Crippen LogP contribution in [0.25, 0.3) is 0 Å². The van der Waals surface area contributed by atoms with Crippen molar-refractivity contribution in [1.82, 2.24) is 4.57 Å². The van der Waals surface area contributed by atoms with Gasteiger partial charge in [0.25, 0.3) is 0 Å². The van der Waals surface area contributed by atoms with Gasteiger partial charge < -0.3 is 14.0 Å². The van der Waals surface area contributed by atoms with Gasteiger partial charge in [-0.25, -0.2) is 4.79 Å². The molecule has 0 saturated heterocycles. The number of aromatic nitrogens is 1. The topological polar surface area (TPSA) is 57.5 Å². The van der Waals surface area contributed by atoms with Gasteiger partial charge in [-0.05, 0) is 25.0 Å². The lowest BCUT2D eigenvalue weighted by Gasteiger charge is -2.20. The molecule has 2 aromatic carbocycles. The van der Waals surface area contributed by atoms with Crippen molar-refractivity contribution in [1.29, 1.82) is 0 Å². The Labute approximate surface area is 164 Å². The quantitative estimate of drug-likeness (QED) is 0.585.